The fourth-order valence-corrected chi connectivity index (χ4v) is 5.35. The first kappa shape index (κ1) is 20.9. The summed E-state index contributed by atoms with van der Waals surface area (Å²) in [7, 11) is 0. The normalized spacial score (nSPS) is 25.7. The Kier molecular flexibility index (Phi) is 5.11. The zero-order valence-corrected chi connectivity index (χ0v) is 19.1. The van der Waals surface area contributed by atoms with Gasteiger partial charge in [0, 0.05) is 23.9 Å². The van der Waals surface area contributed by atoms with E-state index in [-0.39, 0.29) is 17.9 Å². The molecule has 3 heterocycles. The average molecular weight is 434 g/mol. The summed E-state index contributed by atoms with van der Waals surface area (Å²) < 4.78 is 7.49. The van der Waals surface area contributed by atoms with E-state index in [9.17, 15) is 9.59 Å². The van der Waals surface area contributed by atoms with E-state index in [0.717, 1.165) is 36.9 Å². The van der Waals surface area contributed by atoms with Crippen LogP contribution in [0.25, 0.3) is 11.1 Å². The first-order valence-electron chi connectivity index (χ1n) is 11.7. The van der Waals surface area contributed by atoms with E-state index in [1.54, 1.807) is 17.2 Å². The van der Waals surface area contributed by atoms with E-state index in [4.69, 9.17) is 4.42 Å². The number of carbonyl (C=O) groups is 2. The summed E-state index contributed by atoms with van der Waals surface area (Å²) in [5.74, 6) is 0.164. The zero-order valence-electron chi connectivity index (χ0n) is 19.1. The van der Waals surface area contributed by atoms with Crippen LogP contribution in [0.4, 0.5) is 5.69 Å². The Morgan fingerprint density at radius 1 is 1.19 bits per heavy atom. The van der Waals surface area contributed by atoms with Gasteiger partial charge in [0.15, 0.2) is 5.58 Å². The van der Waals surface area contributed by atoms with Crippen LogP contribution in [0.2, 0.25) is 0 Å². The van der Waals surface area contributed by atoms with E-state index < -0.39 is 5.54 Å². The topological polar surface area (TPSA) is 67.5 Å². The second-order valence-corrected chi connectivity index (χ2v) is 9.56. The Morgan fingerprint density at radius 3 is 2.66 bits per heavy atom. The Bertz CT molecular complexity index is 1160. The van der Waals surface area contributed by atoms with Crippen LogP contribution >= 0.6 is 0 Å². The number of aromatic nitrogens is 1. The second kappa shape index (κ2) is 7.84. The molecule has 6 nitrogen and oxygen atoms in total. The molecule has 32 heavy (non-hydrogen) atoms. The molecule has 1 aromatic carbocycles. The minimum atomic E-state index is -1.06. The molecule has 0 unspecified atom stereocenters. The predicted octanol–water partition coefficient (Wildman–Crippen LogP) is 4.91. The lowest BCUT2D eigenvalue weighted by Gasteiger charge is -2.45. The number of aryl methyl sites for hydroxylation is 1. The van der Waals surface area contributed by atoms with E-state index in [2.05, 4.69) is 19.2 Å². The van der Waals surface area contributed by atoms with Crippen molar-refractivity contribution in [2.45, 2.75) is 71.0 Å². The third-order valence-corrected chi connectivity index (χ3v) is 7.42. The van der Waals surface area contributed by atoms with Gasteiger partial charge < -0.3 is 14.3 Å². The number of furan rings is 1. The summed E-state index contributed by atoms with van der Waals surface area (Å²) in [6, 6.07) is 11.8. The smallest absolute Gasteiger partial charge is 0.276 e. The average Bonchev–Trinajstić information content (AvgIpc) is 3.38. The molecule has 1 aliphatic carbocycles. The number of hydrogen-bond donors (Lipinski definition) is 1. The highest BCUT2D eigenvalue weighted by Gasteiger charge is 2.49. The molecule has 2 aliphatic rings. The number of rotatable bonds is 4. The van der Waals surface area contributed by atoms with E-state index >= 15 is 0 Å². The maximum absolute atomic E-state index is 13.9. The van der Waals surface area contributed by atoms with Crippen molar-refractivity contribution in [2.24, 2.45) is 5.92 Å². The highest BCUT2D eigenvalue weighted by atomic mass is 16.3. The number of nitrogens with one attached hydrogen (secondary N) is 1. The van der Waals surface area contributed by atoms with Crippen molar-refractivity contribution in [3.63, 3.8) is 0 Å². The molecular weight excluding hydrogens is 402 g/mol. The molecule has 5 rings (SSSR count). The molecule has 1 aliphatic heterocycles. The molecule has 2 aromatic heterocycles. The van der Waals surface area contributed by atoms with Gasteiger partial charge in [-0.15, -0.1) is 0 Å². The number of benzene rings is 1. The molecule has 0 spiro atoms. The zero-order chi connectivity index (χ0) is 22.5. The van der Waals surface area contributed by atoms with Crippen LogP contribution < -0.4 is 10.2 Å². The van der Waals surface area contributed by atoms with Crippen LogP contribution in [0, 0.1) is 5.92 Å². The molecule has 1 fully saturated rings. The van der Waals surface area contributed by atoms with Crippen LogP contribution in [-0.2, 0) is 17.8 Å². The minimum absolute atomic E-state index is 0.0971. The van der Waals surface area contributed by atoms with E-state index in [0.29, 0.717) is 23.7 Å². The fourth-order valence-electron chi connectivity index (χ4n) is 5.35. The van der Waals surface area contributed by atoms with E-state index in [1.165, 1.54) is 12.0 Å². The van der Waals surface area contributed by atoms with Crippen LogP contribution in [0.5, 0.6) is 0 Å². The molecule has 3 atom stereocenters. The van der Waals surface area contributed by atoms with Gasteiger partial charge in [-0.3, -0.25) is 14.5 Å². The standard InChI is InChI=1S/C26H31N3O3/c1-4-18-9-11-19(12-10-18)29-24(30)22-15-23-21(13-14-32-23)28(22)16-26(29,3)25(31)27-20-8-6-5-7-17(20)2/h9-15,17,20H,4-8,16H2,1-3H3,(H,27,31)/t17-,20-,26-/m1/s1. The lowest BCUT2D eigenvalue weighted by molar-refractivity contribution is -0.127. The number of amides is 2. The summed E-state index contributed by atoms with van der Waals surface area (Å²) in [5, 5.41) is 3.32. The first-order valence-corrected chi connectivity index (χ1v) is 11.7. The van der Waals surface area contributed by atoms with Gasteiger partial charge >= 0.3 is 0 Å². The quantitative estimate of drug-likeness (QED) is 0.636. The van der Waals surface area contributed by atoms with Gasteiger partial charge in [-0.1, -0.05) is 38.8 Å². The van der Waals surface area contributed by atoms with Crippen molar-refractivity contribution in [1.82, 2.24) is 9.88 Å². The predicted molar refractivity (Wildman–Crippen MR) is 125 cm³/mol. The van der Waals surface area contributed by atoms with Crippen molar-refractivity contribution in [1.29, 1.82) is 0 Å². The maximum Gasteiger partial charge on any atom is 0.276 e. The van der Waals surface area contributed by atoms with Gasteiger partial charge in [0.25, 0.3) is 5.91 Å². The van der Waals surface area contributed by atoms with Crippen LogP contribution in [0.1, 0.15) is 62.5 Å². The number of nitrogens with zero attached hydrogens (tertiary/aromatic N) is 2. The maximum atomic E-state index is 13.9. The van der Waals surface area contributed by atoms with Gasteiger partial charge in [-0.05, 0) is 49.8 Å². The summed E-state index contributed by atoms with van der Waals surface area (Å²) in [6.07, 6.45) is 7.00. The van der Waals surface area contributed by atoms with Crippen LogP contribution in [0.15, 0.2) is 47.1 Å². The van der Waals surface area contributed by atoms with Gasteiger partial charge in [-0.25, -0.2) is 0 Å². The van der Waals surface area contributed by atoms with Gasteiger partial charge in [0.05, 0.1) is 18.3 Å². The van der Waals surface area contributed by atoms with Crippen molar-refractivity contribution < 1.29 is 14.0 Å². The second-order valence-electron chi connectivity index (χ2n) is 9.56. The van der Waals surface area contributed by atoms with Crippen molar-refractivity contribution >= 4 is 28.6 Å². The van der Waals surface area contributed by atoms with Crippen molar-refractivity contribution in [3.05, 3.63) is 53.9 Å². The Balaban J connectivity index is 1.58. The molecule has 3 aromatic rings. The molecular formula is C26H31N3O3. The summed E-state index contributed by atoms with van der Waals surface area (Å²) >= 11 is 0. The van der Waals surface area contributed by atoms with Crippen molar-refractivity contribution in [3.8, 4) is 0 Å². The third-order valence-electron chi connectivity index (χ3n) is 7.42. The van der Waals surface area contributed by atoms with Crippen LogP contribution in [0.3, 0.4) is 0 Å². The fraction of sp³-hybridized carbons (Fsp3) is 0.462. The van der Waals surface area contributed by atoms with Crippen LogP contribution in [-0.4, -0.2) is 28.0 Å². The Hall–Kier alpha value is -3.02. The molecule has 2 amide bonds. The SMILES string of the molecule is CCc1ccc(N2C(=O)c3cc4occc4n3C[C@]2(C)C(=O)N[C@@H]2CCCC[C@H]2C)cc1. The third kappa shape index (κ3) is 3.24. The molecule has 0 radical (unpaired) electrons. The molecule has 0 bridgehead atoms. The number of hydrogen-bond acceptors (Lipinski definition) is 3. The molecule has 1 saturated carbocycles. The van der Waals surface area contributed by atoms with Gasteiger partial charge in [-0.2, -0.15) is 0 Å². The molecule has 6 heteroatoms. The minimum Gasteiger partial charge on any atom is -0.463 e. The van der Waals surface area contributed by atoms with Gasteiger partial charge in [0.2, 0.25) is 5.91 Å². The molecule has 168 valence electrons. The lowest BCUT2D eigenvalue weighted by atomic mass is 9.84. The lowest BCUT2D eigenvalue weighted by Crippen LogP contribution is -2.65. The largest absolute Gasteiger partial charge is 0.463 e. The summed E-state index contributed by atoms with van der Waals surface area (Å²) in [4.78, 5) is 29.3. The first-order chi connectivity index (χ1) is 15.4. The summed E-state index contributed by atoms with van der Waals surface area (Å²) in [6.45, 7) is 6.57. The monoisotopic (exact) mass is 433 g/mol. The molecule has 0 saturated heterocycles. The number of fused-ring (bicyclic) bond motifs is 3. The Morgan fingerprint density at radius 2 is 1.94 bits per heavy atom. The van der Waals surface area contributed by atoms with E-state index in [1.807, 2.05) is 41.8 Å². The molecule has 1 N–H and O–H groups in total. The number of carbonyl (C=O) groups excluding carboxylic acids is 2. The van der Waals surface area contributed by atoms with Gasteiger partial charge in [0.1, 0.15) is 11.2 Å². The summed E-state index contributed by atoms with van der Waals surface area (Å²) in [5.41, 5.74) is 2.94. The number of anilines is 1. The van der Waals surface area contributed by atoms with Crippen molar-refractivity contribution in [2.75, 3.05) is 4.90 Å². The Labute approximate surface area is 188 Å². The highest BCUT2D eigenvalue weighted by Crippen LogP contribution is 2.37. The highest BCUT2D eigenvalue weighted by molar-refractivity contribution is 6.13.